The van der Waals surface area contributed by atoms with Crippen LogP contribution in [0.25, 0.3) is 5.65 Å². The number of carbonyl (C=O) groups excluding carboxylic acids is 1. The van der Waals surface area contributed by atoms with Crippen LogP contribution in [0, 0.1) is 12.8 Å². The topological polar surface area (TPSA) is 37.6 Å². The van der Waals surface area contributed by atoms with Gasteiger partial charge < -0.3 is 4.90 Å². The van der Waals surface area contributed by atoms with E-state index in [9.17, 15) is 4.79 Å². The second-order valence-corrected chi connectivity index (χ2v) is 6.19. The molecule has 4 heteroatoms. The molecule has 3 heterocycles. The highest BCUT2D eigenvalue weighted by molar-refractivity contribution is 5.94. The van der Waals surface area contributed by atoms with Gasteiger partial charge in [0.2, 0.25) is 0 Å². The molecule has 3 rings (SSSR count). The summed E-state index contributed by atoms with van der Waals surface area (Å²) in [5.74, 6) is 0.727. The van der Waals surface area contributed by atoms with Crippen molar-refractivity contribution in [2.45, 2.75) is 40.0 Å². The summed E-state index contributed by atoms with van der Waals surface area (Å²) in [4.78, 5) is 19.6. The first-order chi connectivity index (χ1) is 10.1. The molecule has 1 atom stereocenters. The first-order valence-electron chi connectivity index (χ1n) is 7.87. The molecule has 4 nitrogen and oxygen atoms in total. The third-order valence-corrected chi connectivity index (χ3v) is 4.32. The molecule has 0 spiro atoms. The normalized spacial score (nSPS) is 19.2. The standard InChI is InChI=1S/C17H23N3O/c1-4-14-16(17(21)19-9-5-6-12(2)10-19)20-11-13(3)7-8-15(20)18-14/h7-8,11-12H,4-6,9-10H2,1-3H3. The van der Waals surface area contributed by atoms with Gasteiger partial charge in [-0.2, -0.15) is 0 Å². The number of aryl methyl sites for hydroxylation is 2. The van der Waals surface area contributed by atoms with Crippen molar-refractivity contribution >= 4 is 11.6 Å². The second-order valence-electron chi connectivity index (χ2n) is 6.19. The van der Waals surface area contributed by atoms with Gasteiger partial charge in [0, 0.05) is 19.3 Å². The number of likely N-dealkylation sites (tertiary alicyclic amines) is 1. The quantitative estimate of drug-likeness (QED) is 0.850. The molecule has 1 aliphatic rings. The number of pyridine rings is 1. The summed E-state index contributed by atoms with van der Waals surface area (Å²) in [5, 5.41) is 0. The average molecular weight is 285 g/mol. The lowest BCUT2D eigenvalue weighted by Gasteiger charge is -2.31. The van der Waals surface area contributed by atoms with Crippen LogP contribution in [-0.2, 0) is 6.42 Å². The highest BCUT2D eigenvalue weighted by Crippen LogP contribution is 2.21. The van der Waals surface area contributed by atoms with Crippen LogP contribution in [-0.4, -0.2) is 33.3 Å². The van der Waals surface area contributed by atoms with Gasteiger partial charge in [0.1, 0.15) is 11.3 Å². The lowest BCUT2D eigenvalue weighted by Crippen LogP contribution is -2.40. The number of aromatic nitrogens is 2. The number of fused-ring (bicyclic) bond motifs is 1. The zero-order valence-corrected chi connectivity index (χ0v) is 13.1. The fourth-order valence-electron chi connectivity index (χ4n) is 3.20. The van der Waals surface area contributed by atoms with Crippen LogP contribution in [0.1, 0.15) is 48.4 Å². The van der Waals surface area contributed by atoms with Crippen LogP contribution in [0.3, 0.4) is 0 Å². The summed E-state index contributed by atoms with van der Waals surface area (Å²) in [6.45, 7) is 8.05. The third kappa shape index (κ3) is 2.55. The predicted octanol–water partition coefficient (Wildman–Crippen LogP) is 3.08. The second kappa shape index (κ2) is 5.51. The van der Waals surface area contributed by atoms with Crippen LogP contribution >= 0.6 is 0 Å². The SMILES string of the molecule is CCc1nc2ccc(C)cn2c1C(=O)N1CCCC(C)C1. The number of carbonyl (C=O) groups is 1. The summed E-state index contributed by atoms with van der Waals surface area (Å²) in [6.07, 6.45) is 5.12. The van der Waals surface area contributed by atoms with E-state index in [0.29, 0.717) is 5.92 Å². The molecule has 21 heavy (non-hydrogen) atoms. The Hall–Kier alpha value is -1.84. The van der Waals surface area contributed by atoms with Gasteiger partial charge >= 0.3 is 0 Å². The van der Waals surface area contributed by atoms with Gasteiger partial charge in [0.05, 0.1) is 5.69 Å². The maximum atomic E-state index is 13.0. The zero-order chi connectivity index (χ0) is 15.0. The highest BCUT2D eigenvalue weighted by Gasteiger charge is 2.26. The molecule has 1 saturated heterocycles. The average Bonchev–Trinajstić information content (AvgIpc) is 2.84. The van der Waals surface area contributed by atoms with E-state index in [4.69, 9.17) is 0 Å². The number of hydrogen-bond acceptors (Lipinski definition) is 2. The Morgan fingerprint density at radius 3 is 2.95 bits per heavy atom. The molecule has 1 fully saturated rings. The van der Waals surface area contributed by atoms with Crippen molar-refractivity contribution in [3.8, 4) is 0 Å². The van der Waals surface area contributed by atoms with E-state index in [0.717, 1.165) is 48.5 Å². The van der Waals surface area contributed by atoms with E-state index in [-0.39, 0.29) is 5.91 Å². The maximum Gasteiger partial charge on any atom is 0.272 e. The van der Waals surface area contributed by atoms with E-state index < -0.39 is 0 Å². The van der Waals surface area contributed by atoms with Crippen molar-refractivity contribution in [3.63, 3.8) is 0 Å². The molecule has 1 aliphatic heterocycles. The number of nitrogens with zero attached hydrogens (tertiary/aromatic N) is 3. The van der Waals surface area contributed by atoms with Crippen molar-refractivity contribution < 1.29 is 4.79 Å². The minimum Gasteiger partial charge on any atom is -0.337 e. The van der Waals surface area contributed by atoms with Crippen LogP contribution in [0.15, 0.2) is 18.3 Å². The Morgan fingerprint density at radius 1 is 1.43 bits per heavy atom. The van der Waals surface area contributed by atoms with E-state index in [1.807, 2.05) is 34.6 Å². The molecular weight excluding hydrogens is 262 g/mol. The molecule has 2 aromatic rings. The highest BCUT2D eigenvalue weighted by atomic mass is 16.2. The van der Waals surface area contributed by atoms with Gasteiger partial charge in [-0.15, -0.1) is 0 Å². The van der Waals surface area contributed by atoms with Gasteiger partial charge in [0.25, 0.3) is 5.91 Å². The molecule has 0 radical (unpaired) electrons. The predicted molar refractivity (Wildman–Crippen MR) is 83.6 cm³/mol. The van der Waals surface area contributed by atoms with Crippen LogP contribution < -0.4 is 0 Å². The lowest BCUT2D eigenvalue weighted by molar-refractivity contribution is 0.0675. The summed E-state index contributed by atoms with van der Waals surface area (Å²) < 4.78 is 1.97. The van der Waals surface area contributed by atoms with Gasteiger partial charge in [0.15, 0.2) is 0 Å². The number of piperidine rings is 1. The van der Waals surface area contributed by atoms with Gasteiger partial charge in [-0.25, -0.2) is 4.98 Å². The van der Waals surface area contributed by atoms with Crippen molar-refractivity contribution in [1.82, 2.24) is 14.3 Å². The summed E-state index contributed by atoms with van der Waals surface area (Å²) >= 11 is 0. The molecule has 0 N–H and O–H groups in total. The number of amides is 1. The molecule has 0 aromatic carbocycles. The van der Waals surface area contributed by atoms with E-state index in [2.05, 4.69) is 18.8 Å². The lowest BCUT2D eigenvalue weighted by atomic mass is 10.00. The Balaban J connectivity index is 2.05. The monoisotopic (exact) mass is 285 g/mol. The summed E-state index contributed by atoms with van der Waals surface area (Å²) in [6, 6.07) is 4.03. The number of imidazole rings is 1. The molecule has 0 aliphatic carbocycles. The summed E-state index contributed by atoms with van der Waals surface area (Å²) in [7, 11) is 0. The first kappa shape index (κ1) is 14.1. The van der Waals surface area contributed by atoms with Crippen molar-refractivity contribution in [3.05, 3.63) is 35.3 Å². The Morgan fingerprint density at radius 2 is 2.24 bits per heavy atom. The van der Waals surface area contributed by atoms with Crippen LogP contribution in [0.4, 0.5) is 0 Å². The maximum absolute atomic E-state index is 13.0. The van der Waals surface area contributed by atoms with Crippen LogP contribution in [0.2, 0.25) is 0 Å². The Labute approximate surface area is 125 Å². The fourth-order valence-corrected chi connectivity index (χ4v) is 3.20. The summed E-state index contributed by atoms with van der Waals surface area (Å²) in [5.41, 5.74) is 3.67. The minimum atomic E-state index is 0.136. The van der Waals surface area contributed by atoms with Crippen molar-refractivity contribution in [1.29, 1.82) is 0 Å². The minimum absolute atomic E-state index is 0.136. The van der Waals surface area contributed by atoms with Gasteiger partial charge in [-0.05, 0) is 43.7 Å². The van der Waals surface area contributed by atoms with Gasteiger partial charge in [-0.3, -0.25) is 9.20 Å². The molecule has 2 aromatic heterocycles. The Bertz CT molecular complexity index is 674. The smallest absolute Gasteiger partial charge is 0.272 e. The van der Waals surface area contributed by atoms with Crippen molar-refractivity contribution in [2.75, 3.05) is 13.1 Å². The number of hydrogen-bond donors (Lipinski definition) is 0. The van der Waals surface area contributed by atoms with E-state index >= 15 is 0 Å². The fraction of sp³-hybridized carbons (Fsp3) is 0.529. The van der Waals surface area contributed by atoms with Crippen LogP contribution in [0.5, 0.6) is 0 Å². The molecular formula is C17H23N3O. The number of rotatable bonds is 2. The molecule has 1 amide bonds. The molecule has 0 bridgehead atoms. The Kier molecular flexibility index (Phi) is 3.70. The van der Waals surface area contributed by atoms with Gasteiger partial charge in [-0.1, -0.05) is 19.9 Å². The zero-order valence-electron chi connectivity index (χ0n) is 13.1. The first-order valence-corrected chi connectivity index (χ1v) is 7.87. The molecule has 0 saturated carbocycles. The van der Waals surface area contributed by atoms with E-state index in [1.54, 1.807) is 0 Å². The van der Waals surface area contributed by atoms with Crippen molar-refractivity contribution in [2.24, 2.45) is 5.92 Å². The third-order valence-electron chi connectivity index (χ3n) is 4.32. The largest absolute Gasteiger partial charge is 0.337 e. The molecule has 1 unspecified atom stereocenters. The molecule has 112 valence electrons. The van der Waals surface area contributed by atoms with E-state index in [1.165, 1.54) is 6.42 Å².